The number of benzene rings is 1. The van der Waals surface area contributed by atoms with Crippen molar-refractivity contribution in [1.29, 1.82) is 0 Å². The highest BCUT2D eigenvalue weighted by atomic mass is 19.1. The van der Waals surface area contributed by atoms with Gasteiger partial charge in [0.05, 0.1) is 5.69 Å². The Balaban J connectivity index is 2.46. The van der Waals surface area contributed by atoms with E-state index < -0.39 is 0 Å². The number of halogens is 1. The van der Waals surface area contributed by atoms with Crippen LogP contribution in [0.25, 0.3) is 5.69 Å². The normalized spacial score (nSPS) is 12.6. The van der Waals surface area contributed by atoms with Crippen LogP contribution in [0.2, 0.25) is 0 Å². The van der Waals surface area contributed by atoms with Crippen LogP contribution >= 0.6 is 0 Å². The molecule has 1 aromatic heterocycles. The minimum Gasteiger partial charge on any atom is -0.327 e. The Morgan fingerprint density at radius 2 is 2.15 bits per heavy atom. The number of imidazole rings is 1. The van der Waals surface area contributed by atoms with Gasteiger partial charge >= 0.3 is 0 Å². The van der Waals surface area contributed by atoms with Gasteiger partial charge in [-0.1, -0.05) is 26.0 Å². The summed E-state index contributed by atoms with van der Waals surface area (Å²) in [6, 6.07) is 5.23. The Morgan fingerprint density at radius 3 is 2.85 bits per heavy atom. The predicted octanol–water partition coefficient (Wildman–Crippen LogP) is 3.24. The van der Waals surface area contributed by atoms with Gasteiger partial charge in [0.25, 0.3) is 0 Å². The van der Waals surface area contributed by atoms with Gasteiger partial charge in [0.15, 0.2) is 0 Å². The Labute approximate surface area is 119 Å². The molecule has 0 radical (unpaired) electrons. The molecule has 108 valence electrons. The maximum atomic E-state index is 14.3. The van der Waals surface area contributed by atoms with Gasteiger partial charge in [-0.05, 0) is 30.9 Å². The summed E-state index contributed by atoms with van der Waals surface area (Å²) >= 11 is 0. The molecule has 3 nitrogen and oxygen atoms in total. The van der Waals surface area contributed by atoms with Crippen molar-refractivity contribution in [2.24, 2.45) is 5.73 Å². The van der Waals surface area contributed by atoms with Crippen LogP contribution in [0.3, 0.4) is 0 Å². The van der Waals surface area contributed by atoms with E-state index >= 15 is 0 Å². The molecule has 1 unspecified atom stereocenters. The van der Waals surface area contributed by atoms with E-state index in [0.717, 1.165) is 30.7 Å². The molecule has 0 saturated heterocycles. The molecule has 2 rings (SSSR count). The highest BCUT2D eigenvalue weighted by Gasteiger charge is 2.15. The zero-order valence-electron chi connectivity index (χ0n) is 12.1. The number of para-hydroxylation sites is 1. The minimum atomic E-state index is -0.221. The van der Waals surface area contributed by atoms with E-state index in [4.69, 9.17) is 5.73 Å². The van der Waals surface area contributed by atoms with Gasteiger partial charge in [0, 0.05) is 24.9 Å². The van der Waals surface area contributed by atoms with Crippen molar-refractivity contribution >= 4 is 0 Å². The predicted molar refractivity (Wildman–Crippen MR) is 79.5 cm³/mol. The number of nitrogens with two attached hydrogens (primary N) is 1. The maximum Gasteiger partial charge on any atom is 0.147 e. The number of hydrogen-bond donors (Lipinski definition) is 1. The van der Waals surface area contributed by atoms with Gasteiger partial charge in [-0.15, -0.1) is 0 Å². The largest absolute Gasteiger partial charge is 0.327 e. The van der Waals surface area contributed by atoms with Gasteiger partial charge < -0.3 is 10.3 Å². The summed E-state index contributed by atoms with van der Waals surface area (Å²) in [4.78, 5) is 4.33. The van der Waals surface area contributed by atoms with Gasteiger partial charge in [-0.2, -0.15) is 0 Å². The lowest BCUT2D eigenvalue weighted by Crippen LogP contribution is -2.22. The SMILES string of the molecule is CCCc1nccn1-c1c(F)cccc1CC(N)CC. The summed E-state index contributed by atoms with van der Waals surface area (Å²) in [5.74, 6) is 0.671. The molecule has 2 aromatic rings. The zero-order chi connectivity index (χ0) is 14.5. The maximum absolute atomic E-state index is 14.3. The van der Waals surface area contributed by atoms with E-state index in [1.165, 1.54) is 6.07 Å². The molecule has 1 atom stereocenters. The van der Waals surface area contributed by atoms with Gasteiger partial charge in [0.2, 0.25) is 0 Å². The Hall–Kier alpha value is -1.68. The molecule has 0 aliphatic carbocycles. The summed E-state index contributed by atoms with van der Waals surface area (Å²) in [5.41, 5.74) is 7.56. The average molecular weight is 275 g/mol. The molecule has 0 saturated carbocycles. The van der Waals surface area contributed by atoms with Crippen molar-refractivity contribution in [3.8, 4) is 5.69 Å². The fourth-order valence-corrected chi connectivity index (χ4v) is 2.37. The molecule has 0 bridgehead atoms. The third-order valence-electron chi connectivity index (χ3n) is 3.51. The molecule has 0 aliphatic heterocycles. The molecule has 0 aliphatic rings. The van der Waals surface area contributed by atoms with Gasteiger partial charge in [-0.25, -0.2) is 9.37 Å². The zero-order valence-corrected chi connectivity index (χ0v) is 12.1. The molecule has 1 heterocycles. The number of hydrogen-bond acceptors (Lipinski definition) is 2. The molecular formula is C16H22FN3. The Morgan fingerprint density at radius 1 is 1.35 bits per heavy atom. The van der Waals surface area contributed by atoms with Gasteiger partial charge in [-0.3, -0.25) is 0 Å². The van der Waals surface area contributed by atoms with E-state index in [2.05, 4.69) is 11.9 Å². The van der Waals surface area contributed by atoms with Crippen LogP contribution in [-0.4, -0.2) is 15.6 Å². The second-order valence-electron chi connectivity index (χ2n) is 5.08. The van der Waals surface area contributed by atoms with Crippen LogP contribution in [0.15, 0.2) is 30.6 Å². The van der Waals surface area contributed by atoms with Crippen molar-refractivity contribution in [3.63, 3.8) is 0 Å². The molecule has 20 heavy (non-hydrogen) atoms. The van der Waals surface area contributed by atoms with Crippen molar-refractivity contribution in [3.05, 3.63) is 47.8 Å². The second-order valence-corrected chi connectivity index (χ2v) is 5.08. The summed E-state index contributed by atoms with van der Waals surface area (Å²) in [7, 11) is 0. The van der Waals surface area contributed by atoms with Crippen LogP contribution in [0.1, 0.15) is 38.1 Å². The highest BCUT2D eigenvalue weighted by molar-refractivity contribution is 5.44. The van der Waals surface area contributed by atoms with Crippen LogP contribution in [0.5, 0.6) is 0 Å². The first-order valence-corrected chi connectivity index (χ1v) is 7.22. The first-order chi connectivity index (χ1) is 9.67. The first-order valence-electron chi connectivity index (χ1n) is 7.22. The monoisotopic (exact) mass is 275 g/mol. The molecule has 4 heteroatoms. The molecular weight excluding hydrogens is 253 g/mol. The quantitative estimate of drug-likeness (QED) is 0.879. The fraction of sp³-hybridized carbons (Fsp3) is 0.438. The van der Waals surface area contributed by atoms with E-state index in [-0.39, 0.29) is 11.9 Å². The summed E-state index contributed by atoms with van der Waals surface area (Å²) in [6.07, 6.45) is 6.91. The first kappa shape index (κ1) is 14.7. The van der Waals surface area contributed by atoms with Crippen molar-refractivity contribution in [1.82, 2.24) is 9.55 Å². The lowest BCUT2D eigenvalue weighted by atomic mass is 10.0. The van der Waals surface area contributed by atoms with Crippen LogP contribution < -0.4 is 5.73 Å². The molecule has 0 fully saturated rings. The van der Waals surface area contributed by atoms with Crippen molar-refractivity contribution < 1.29 is 4.39 Å². The number of aryl methyl sites for hydroxylation is 1. The topological polar surface area (TPSA) is 43.8 Å². The van der Waals surface area contributed by atoms with Crippen LogP contribution in [-0.2, 0) is 12.8 Å². The summed E-state index contributed by atoms with van der Waals surface area (Å²) in [6.45, 7) is 4.14. The third-order valence-corrected chi connectivity index (χ3v) is 3.51. The van der Waals surface area contributed by atoms with Gasteiger partial charge in [0.1, 0.15) is 11.6 Å². The lowest BCUT2D eigenvalue weighted by Gasteiger charge is -2.16. The molecule has 1 aromatic carbocycles. The van der Waals surface area contributed by atoms with Crippen LogP contribution in [0.4, 0.5) is 4.39 Å². The van der Waals surface area contributed by atoms with E-state index in [0.29, 0.717) is 12.1 Å². The fourth-order valence-electron chi connectivity index (χ4n) is 2.37. The average Bonchev–Trinajstić information content (AvgIpc) is 2.87. The van der Waals surface area contributed by atoms with E-state index in [9.17, 15) is 4.39 Å². The van der Waals surface area contributed by atoms with Crippen molar-refractivity contribution in [2.45, 2.75) is 45.6 Å². The second kappa shape index (κ2) is 6.66. The number of aromatic nitrogens is 2. The standard InChI is InChI=1S/C16H22FN3/c1-3-6-15-19-9-10-20(15)16-12(11-13(18)4-2)7-5-8-14(16)17/h5,7-10,13H,3-4,6,11,18H2,1-2H3. The summed E-state index contributed by atoms with van der Waals surface area (Å²) in [5, 5.41) is 0. The van der Waals surface area contributed by atoms with Crippen molar-refractivity contribution in [2.75, 3.05) is 0 Å². The van der Waals surface area contributed by atoms with E-state index in [1.54, 1.807) is 12.3 Å². The van der Waals surface area contributed by atoms with Crippen LogP contribution in [0, 0.1) is 5.82 Å². The number of nitrogens with zero attached hydrogens (tertiary/aromatic N) is 2. The third kappa shape index (κ3) is 3.07. The molecule has 0 amide bonds. The molecule has 2 N–H and O–H groups in total. The van der Waals surface area contributed by atoms with E-state index in [1.807, 2.05) is 23.8 Å². The highest BCUT2D eigenvalue weighted by Crippen LogP contribution is 2.22. The number of rotatable bonds is 6. The smallest absolute Gasteiger partial charge is 0.147 e. The molecule has 0 spiro atoms. The Kier molecular flexibility index (Phi) is 4.90. The Bertz CT molecular complexity index is 563. The lowest BCUT2D eigenvalue weighted by molar-refractivity contribution is 0.600. The minimum absolute atomic E-state index is 0.0497. The summed E-state index contributed by atoms with van der Waals surface area (Å²) < 4.78 is 16.2.